The van der Waals surface area contributed by atoms with Crippen LogP contribution in [-0.2, 0) is 11.6 Å². The number of amides is 1. The first-order valence-corrected chi connectivity index (χ1v) is 8.74. The Morgan fingerprint density at radius 3 is 2.21 bits per heavy atom. The molecule has 0 aliphatic carbocycles. The summed E-state index contributed by atoms with van der Waals surface area (Å²) >= 11 is 0. The molecule has 3 rings (SSSR count). The number of alkyl halides is 3. The van der Waals surface area contributed by atoms with Crippen molar-refractivity contribution in [2.75, 3.05) is 5.32 Å². The SMILES string of the molecule is Cc1cccc(C)c1NC(=O)c1cc2nc(C(C)(C)C)cc(C(F)(F)F)n2n1. The second kappa shape index (κ2) is 6.61. The summed E-state index contributed by atoms with van der Waals surface area (Å²) in [6, 6.07) is 7.79. The van der Waals surface area contributed by atoms with Gasteiger partial charge in [-0.05, 0) is 31.0 Å². The zero-order valence-corrected chi connectivity index (χ0v) is 16.3. The molecule has 0 fully saturated rings. The van der Waals surface area contributed by atoms with Crippen molar-refractivity contribution >= 4 is 17.2 Å². The average Bonchev–Trinajstić information content (AvgIpc) is 2.99. The van der Waals surface area contributed by atoms with E-state index in [1.54, 1.807) is 20.8 Å². The number of para-hydroxylation sites is 1. The average molecular weight is 390 g/mol. The predicted octanol–water partition coefficient (Wildman–Crippen LogP) is 4.91. The Hall–Kier alpha value is -2.90. The van der Waals surface area contributed by atoms with Crippen molar-refractivity contribution in [2.45, 2.75) is 46.2 Å². The van der Waals surface area contributed by atoms with Crippen LogP contribution in [0.5, 0.6) is 0 Å². The van der Waals surface area contributed by atoms with E-state index in [4.69, 9.17) is 0 Å². The van der Waals surface area contributed by atoms with E-state index in [1.165, 1.54) is 6.07 Å². The van der Waals surface area contributed by atoms with E-state index in [-0.39, 0.29) is 17.0 Å². The number of carbonyl (C=O) groups is 1. The first-order chi connectivity index (χ1) is 12.9. The molecule has 2 aromatic heterocycles. The number of carbonyl (C=O) groups excluding carboxylic acids is 1. The van der Waals surface area contributed by atoms with E-state index in [0.717, 1.165) is 17.2 Å². The van der Waals surface area contributed by atoms with Crippen LogP contribution >= 0.6 is 0 Å². The van der Waals surface area contributed by atoms with Crippen LogP contribution in [0, 0.1) is 13.8 Å². The van der Waals surface area contributed by atoms with E-state index in [1.807, 2.05) is 32.0 Å². The van der Waals surface area contributed by atoms with Crippen molar-refractivity contribution in [1.82, 2.24) is 14.6 Å². The Bertz CT molecular complexity index is 1040. The van der Waals surface area contributed by atoms with Crippen LogP contribution in [0.15, 0.2) is 30.3 Å². The van der Waals surface area contributed by atoms with Gasteiger partial charge in [0.25, 0.3) is 5.91 Å². The van der Waals surface area contributed by atoms with Gasteiger partial charge in [-0.1, -0.05) is 39.0 Å². The molecule has 0 saturated heterocycles. The Kier molecular flexibility index (Phi) is 4.69. The topological polar surface area (TPSA) is 59.3 Å². The van der Waals surface area contributed by atoms with E-state index in [9.17, 15) is 18.0 Å². The van der Waals surface area contributed by atoms with Crippen LogP contribution in [0.2, 0.25) is 0 Å². The van der Waals surface area contributed by atoms with Gasteiger partial charge in [0.2, 0.25) is 0 Å². The molecule has 8 heteroatoms. The zero-order chi connectivity index (χ0) is 20.9. The molecule has 3 aromatic rings. The molecule has 0 aliphatic heterocycles. The molecule has 5 nitrogen and oxygen atoms in total. The predicted molar refractivity (Wildman–Crippen MR) is 101 cm³/mol. The summed E-state index contributed by atoms with van der Waals surface area (Å²) in [6.45, 7) is 9.00. The molecule has 0 radical (unpaired) electrons. The van der Waals surface area contributed by atoms with Crippen LogP contribution in [0.4, 0.5) is 18.9 Å². The number of aryl methyl sites for hydroxylation is 2. The summed E-state index contributed by atoms with van der Waals surface area (Å²) in [5.41, 5.74) is 0.874. The monoisotopic (exact) mass is 390 g/mol. The second-order valence-corrected chi connectivity index (χ2v) is 7.79. The van der Waals surface area contributed by atoms with Crippen molar-refractivity contribution in [2.24, 2.45) is 0 Å². The molecule has 148 valence electrons. The summed E-state index contributed by atoms with van der Waals surface area (Å²) in [4.78, 5) is 16.9. The fourth-order valence-corrected chi connectivity index (χ4v) is 2.86. The van der Waals surface area contributed by atoms with Crippen molar-refractivity contribution in [3.63, 3.8) is 0 Å². The highest BCUT2D eigenvalue weighted by molar-refractivity contribution is 6.04. The summed E-state index contributed by atoms with van der Waals surface area (Å²) in [5.74, 6) is -0.590. The quantitative estimate of drug-likeness (QED) is 0.676. The minimum absolute atomic E-state index is 0.0218. The second-order valence-electron chi connectivity index (χ2n) is 7.79. The third-order valence-electron chi connectivity index (χ3n) is 4.44. The van der Waals surface area contributed by atoms with Crippen molar-refractivity contribution in [1.29, 1.82) is 0 Å². The number of hydrogen-bond acceptors (Lipinski definition) is 3. The van der Waals surface area contributed by atoms with Crippen LogP contribution in [0.25, 0.3) is 5.65 Å². The number of nitrogens with one attached hydrogen (secondary N) is 1. The highest BCUT2D eigenvalue weighted by Crippen LogP contribution is 2.32. The largest absolute Gasteiger partial charge is 0.433 e. The molecular weight excluding hydrogens is 369 g/mol. The lowest BCUT2D eigenvalue weighted by molar-refractivity contribution is -0.142. The summed E-state index contributed by atoms with van der Waals surface area (Å²) < 4.78 is 41.4. The normalized spacial score (nSPS) is 12.4. The van der Waals surface area contributed by atoms with Crippen molar-refractivity contribution < 1.29 is 18.0 Å². The van der Waals surface area contributed by atoms with Crippen molar-refractivity contribution in [3.05, 3.63) is 58.5 Å². The lowest BCUT2D eigenvalue weighted by atomic mass is 9.91. The van der Waals surface area contributed by atoms with E-state index in [0.29, 0.717) is 10.2 Å². The maximum absolute atomic E-state index is 13.6. The Balaban J connectivity index is 2.10. The van der Waals surface area contributed by atoms with E-state index >= 15 is 0 Å². The van der Waals surface area contributed by atoms with Gasteiger partial charge in [-0.25, -0.2) is 9.50 Å². The first-order valence-electron chi connectivity index (χ1n) is 8.74. The zero-order valence-electron chi connectivity index (χ0n) is 16.3. The summed E-state index contributed by atoms with van der Waals surface area (Å²) in [6.07, 6.45) is -4.63. The number of benzene rings is 1. The third-order valence-corrected chi connectivity index (χ3v) is 4.44. The molecule has 0 spiro atoms. The van der Waals surface area contributed by atoms with Gasteiger partial charge in [0.1, 0.15) is 5.69 Å². The number of fused-ring (bicyclic) bond motifs is 1. The van der Waals surface area contributed by atoms with Crippen LogP contribution in [0.1, 0.15) is 53.8 Å². The van der Waals surface area contributed by atoms with Gasteiger partial charge < -0.3 is 5.32 Å². The van der Waals surface area contributed by atoms with Gasteiger partial charge >= 0.3 is 6.18 Å². The molecule has 0 atom stereocenters. The van der Waals surface area contributed by atoms with Gasteiger partial charge in [0.15, 0.2) is 11.3 Å². The molecule has 1 aromatic carbocycles. The van der Waals surface area contributed by atoms with E-state index < -0.39 is 23.2 Å². The number of anilines is 1. The number of halogens is 3. The fraction of sp³-hybridized carbons (Fsp3) is 0.350. The van der Waals surface area contributed by atoms with Gasteiger partial charge in [0, 0.05) is 17.2 Å². The van der Waals surface area contributed by atoms with Gasteiger partial charge in [0.05, 0.1) is 5.69 Å². The molecule has 1 N–H and O–H groups in total. The number of aromatic nitrogens is 3. The minimum Gasteiger partial charge on any atom is -0.320 e. The number of hydrogen-bond donors (Lipinski definition) is 1. The highest BCUT2D eigenvalue weighted by atomic mass is 19.4. The molecule has 0 aliphatic rings. The van der Waals surface area contributed by atoms with Crippen LogP contribution in [-0.4, -0.2) is 20.5 Å². The van der Waals surface area contributed by atoms with Crippen LogP contribution < -0.4 is 5.32 Å². The molecule has 0 saturated carbocycles. The lowest BCUT2D eigenvalue weighted by Gasteiger charge is -2.19. The maximum Gasteiger partial charge on any atom is 0.433 e. The van der Waals surface area contributed by atoms with E-state index in [2.05, 4.69) is 15.4 Å². The summed E-state index contributed by atoms with van der Waals surface area (Å²) in [7, 11) is 0. The number of nitrogens with zero attached hydrogens (tertiary/aromatic N) is 3. The van der Waals surface area contributed by atoms with Crippen molar-refractivity contribution in [3.8, 4) is 0 Å². The molecule has 0 bridgehead atoms. The number of rotatable bonds is 2. The minimum atomic E-state index is -4.63. The molecule has 1 amide bonds. The standard InChI is InChI=1S/C20H21F3N4O/c1-11-7-6-8-12(2)17(11)25-18(28)13-9-16-24-14(19(3,4)5)10-15(20(21,22)23)27(16)26-13/h6-10H,1-5H3,(H,25,28). The van der Waals surface area contributed by atoms with Crippen LogP contribution in [0.3, 0.4) is 0 Å². The molecule has 2 heterocycles. The first kappa shape index (κ1) is 19.9. The molecule has 28 heavy (non-hydrogen) atoms. The fourth-order valence-electron chi connectivity index (χ4n) is 2.86. The Labute approximate surface area is 160 Å². The van der Waals surface area contributed by atoms with Gasteiger partial charge in [-0.3, -0.25) is 4.79 Å². The smallest absolute Gasteiger partial charge is 0.320 e. The Morgan fingerprint density at radius 2 is 1.68 bits per heavy atom. The molecular formula is C20H21F3N4O. The summed E-state index contributed by atoms with van der Waals surface area (Å²) in [5, 5.41) is 6.61. The van der Waals surface area contributed by atoms with Gasteiger partial charge in [-0.2, -0.15) is 18.3 Å². The van der Waals surface area contributed by atoms with Gasteiger partial charge in [-0.15, -0.1) is 0 Å². The Morgan fingerprint density at radius 1 is 1.07 bits per heavy atom. The third kappa shape index (κ3) is 3.72. The maximum atomic E-state index is 13.6. The molecule has 0 unspecified atom stereocenters. The lowest BCUT2D eigenvalue weighted by Crippen LogP contribution is -2.20. The highest BCUT2D eigenvalue weighted by Gasteiger charge is 2.36.